The van der Waals surface area contributed by atoms with Crippen molar-refractivity contribution in [3.63, 3.8) is 0 Å². The van der Waals surface area contributed by atoms with Crippen LogP contribution in [0.1, 0.15) is 51.4 Å². The second kappa shape index (κ2) is 10.7. The first-order chi connectivity index (χ1) is 12.1. The van der Waals surface area contributed by atoms with E-state index in [9.17, 15) is 14.0 Å². The minimum absolute atomic E-state index is 0.00455. The van der Waals surface area contributed by atoms with Crippen LogP contribution in [-0.4, -0.2) is 31.0 Å². The molecule has 1 saturated carbocycles. The second-order valence-corrected chi connectivity index (χ2v) is 6.38. The standard InChI is InChI=1S/C19H27FN2O3/c20-16-9-4-5-10-17(16)25-14-6-11-18(23)21-13-12-19(24)22-15-7-2-1-3-8-15/h4-5,9-10,15H,1-3,6-8,11-14H2,(H,21,23)(H,22,24). The van der Waals surface area contributed by atoms with Gasteiger partial charge < -0.3 is 15.4 Å². The first-order valence-corrected chi connectivity index (χ1v) is 9.08. The van der Waals surface area contributed by atoms with Gasteiger partial charge in [-0.2, -0.15) is 0 Å². The molecule has 5 nitrogen and oxygen atoms in total. The molecule has 0 atom stereocenters. The summed E-state index contributed by atoms with van der Waals surface area (Å²) in [5.74, 6) is -0.337. The van der Waals surface area contributed by atoms with Crippen LogP contribution in [-0.2, 0) is 9.59 Å². The number of hydrogen-bond donors (Lipinski definition) is 2. The van der Waals surface area contributed by atoms with E-state index in [1.807, 2.05) is 0 Å². The van der Waals surface area contributed by atoms with Crippen LogP contribution in [0.2, 0.25) is 0 Å². The molecule has 1 aromatic rings. The average Bonchev–Trinajstić information content (AvgIpc) is 2.61. The lowest BCUT2D eigenvalue weighted by molar-refractivity contribution is -0.122. The molecule has 2 rings (SSSR count). The minimum Gasteiger partial charge on any atom is -0.491 e. The molecule has 1 fully saturated rings. The number of ether oxygens (including phenoxy) is 1. The Morgan fingerprint density at radius 3 is 2.60 bits per heavy atom. The highest BCUT2D eigenvalue weighted by molar-refractivity contribution is 5.79. The Kier molecular flexibility index (Phi) is 8.22. The number of nitrogens with one attached hydrogen (secondary N) is 2. The third kappa shape index (κ3) is 7.54. The van der Waals surface area contributed by atoms with Crippen molar-refractivity contribution in [3.05, 3.63) is 30.1 Å². The van der Waals surface area contributed by atoms with E-state index in [0.717, 1.165) is 12.8 Å². The number of halogens is 1. The highest BCUT2D eigenvalue weighted by atomic mass is 19.1. The highest BCUT2D eigenvalue weighted by Crippen LogP contribution is 2.17. The smallest absolute Gasteiger partial charge is 0.221 e. The minimum atomic E-state index is -0.407. The molecule has 138 valence electrons. The molecule has 0 heterocycles. The van der Waals surface area contributed by atoms with E-state index in [0.29, 0.717) is 31.8 Å². The lowest BCUT2D eigenvalue weighted by atomic mass is 9.95. The molecule has 1 aliphatic carbocycles. The van der Waals surface area contributed by atoms with Gasteiger partial charge in [-0.1, -0.05) is 31.4 Å². The van der Waals surface area contributed by atoms with Gasteiger partial charge in [-0.15, -0.1) is 0 Å². The zero-order chi connectivity index (χ0) is 17.9. The summed E-state index contributed by atoms with van der Waals surface area (Å²) in [5.41, 5.74) is 0. The van der Waals surface area contributed by atoms with Gasteiger partial charge in [0.05, 0.1) is 6.61 Å². The Morgan fingerprint density at radius 1 is 1.08 bits per heavy atom. The lowest BCUT2D eigenvalue weighted by Gasteiger charge is -2.22. The number of carbonyl (C=O) groups is 2. The first-order valence-electron chi connectivity index (χ1n) is 9.08. The lowest BCUT2D eigenvalue weighted by Crippen LogP contribution is -2.38. The number of para-hydroxylation sites is 1. The Hall–Kier alpha value is -2.11. The third-order valence-corrected chi connectivity index (χ3v) is 4.29. The summed E-state index contributed by atoms with van der Waals surface area (Å²) in [7, 11) is 0. The molecule has 2 N–H and O–H groups in total. The molecule has 0 radical (unpaired) electrons. The van der Waals surface area contributed by atoms with Crippen LogP contribution in [0.25, 0.3) is 0 Å². The van der Waals surface area contributed by atoms with Crippen molar-refractivity contribution in [3.8, 4) is 5.75 Å². The van der Waals surface area contributed by atoms with Gasteiger partial charge in [0.1, 0.15) is 0 Å². The first kappa shape index (κ1) is 19.2. The maximum atomic E-state index is 13.3. The maximum Gasteiger partial charge on any atom is 0.221 e. The van der Waals surface area contributed by atoms with Crippen molar-refractivity contribution in [2.75, 3.05) is 13.2 Å². The molecular formula is C19H27FN2O3. The van der Waals surface area contributed by atoms with Crippen LogP contribution in [0.3, 0.4) is 0 Å². The van der Waals surface area contributed by atoms with Crippen LogP contribution in [0.15, 0.2) is 24.3 Å². The van der Waals surface area contributed by atoms with Gasteiger partial charge in [0, 0.05) is 25.4 Å². The Morgan fingerprint density at radius 2 is 1.84 bits per heavy atom. The van der Waals surface area contributed by atoms with E-state index in [-0.39, 0.29) is 24.2 Å². The summed E-state index contributed by atoms with van der Waals surface area (Å²) < 4.78 is 18.6. The van der Waals surface area contributed by atoms with Crippen LogP contribution in [0, 0.1) is 5.82 Å². The molecular weight excluding hydrogens is 323 g/mol. The number of amides is 2. The predicted molar refractivity (Wildman–Crippen MR) is 93.8 cm³/mol. The number of benzene rings is 1. The van der Waals surface area contributed by atoms with Crippen molar-refractivity contribution >= 4 is 11.8 Å². The van der Waals surface area contributed by atoms with E-state index in [2.05, 4.69) is 10.6 Å². The van der Waals surface area contributed by atoms with Gasteiger partial charge in [0.15, 0.2) is 11.6 Å². The molecule has 0 saturated heterocycles. The Labute approximate surface area is 148 Å². The van der Waals surface area contributed by atoms with Gasteiger partial charge in [-0.3, -0.25) is 9.59 Å². The van der Waals surface area contributed by atoms with Gasteiger partial charge >= 0.3 is 0 Å². The van der Waals surface area contributed by atoms with Gasteiger partial charge in [0.2, 0.25) is 11.8 Å². The largest absolute Gasteiger partial charge is 0.491 e. The number of hydrogen-bond acceptors (Lipinski definition) is 3. The molecule has 0 spiro atoms. The van der Waals surface area contributed by atoms with Crippen LogP contribution < -0.4 is 15.4 Å². The number of carbonyl (C=O) groups excluding carboxylic acids is 2. The van der Waals surface area contributed by atoms with Gasteiger partial charge in [-0.25, -0.2) is 4.39 Å². The zero-order valence-electron chi connectivity index (χ0n) is 14.6. The predicted octanol–water partition coefficient (Wildman–Crippen LogP) is 2.94. The van der Waals surface area contributed by atoms with Crippen molar-refractivity contribution in [2.45, 2.75) is 57.4 Å². The molecule has 25 heavy (non-hydrogen) atoms. The number of rotatable bonds is 9. The van der Waals surface area contributed by atoms with E-state index >= 15 is 0 Å². The quantitative estimate of drug-likeness (QED) is 0.673. The van der Waals surface area contributed by atoms with Crippen molar-refractivity contribution in [2.24, 2.45) is 0 Å². The van der Waals surface area contributed by atoms with Crippen LogP contribution in [0.4, 0.5) is 4.39 Å². The van der Waals surface area contributed by atoms with Crippen molar-refractivity contribution < 1.29 is 18.7 Å². The highest BCUT2D eigenvalue weighted by Gasteiger charge is 2.15. The van der Waals surface area contributed by atoms with E-state index < -0.39 is 5.82 Å². The zero-order valence-corrected chi connectivity index (χ0v) is 14.6. The normalized spacial score (nSPS) is 14.8. The molecule has 1 aliphatic rings. The van der Waals surface area contributed by atoms with Crippen LogP contribution in [0.5, 0.6) is 5.75 Å². The average molecular weight is 350 g/mol. The van der Waals surface area contributed by atoms with Gasteiger partial charge in [0.25, 0.3) is 0 Å². The van der Waals surface area contributed by atoms with E-state index in [1.165, 1.54) is 25.3 Å². The molecule has 2 amide bonds. The summed E-state index contributed by atoms with van der Waals surface area (Å²) in [6, 6.07) is 6.48. The molecule has 1 aromatic carbocycles. The second-order valence-electron chi connectivity index (χ2n) is 6.38. The topological polar surface area (TPSA) is 67.4 Å². The summed E-state index contributed by atoms with van der Waals surface area (Å²) >= 11 is 0. The molecule has 6 heteroatoms. The summed E-state index contributed by atoms with van der Waals surface area (Å²) in [6.45, 7) is 0.613. The fourth-order valence-electron chi connectivity index (χ4n) is 2.93. The SMILES string of the molecule is O=C(CCCOc1ccccc1F)NCCC(=O)NC1CCCCC1. The molecule has 0 unspecified atom stereocenters. The summed E-state index contributed by atoms with van der Waals surface area (Å²) in [6.07, 6.45) is 6.80. The van der Waals surface area contributed by atoms with Crippen LogP contribution >= 0.6 is 0 Å². The van der Waals surface area contributed by atoms with Crippen molar-refractivity contribution in [1.82, 2.24) is 10.6 Å². The third-order valence-electron chi connectivity index (χ3n) is 4.29. The Balaban J connectivity index is 1.50. The molecule has 0 aromatic heterocycles. The maximum absolute atomic E-state index is 13.3. The fourth-order valence-corrected chi connectivity index (χ4v) is 2.93. The monoisotopic (exact) mass is 350 g/mol. The van der Waals surface area contributed by atoms with Crippen molar-refractivity contribution in [1.29, 1.82) is 0 Å². The fraction of sp³-hybridized carbons (Fsp3) is 0.579. The summed E-state index contributed by atoms with van der Waals surface area (Å²) in [5, 5.41) is 5.75. The Bertz CT molecular complexity index is 559. The summed E-state index contributed by atoms with van der Waals surface area (Å²) in [4.78, 5) is 23.5. The van der Waals surface area contributed by atoms with E-state index in [4.69, 9.17) is 4.74 Å². The van der Waals surface area contributed by atoms with E-state index in [1.54, 1.807) is 18.2 Å². The molecule has 0 bridgehead atoms. The van der Waals surface area contributed by atoms with Gasteiger partial charge in [-0.05, 0) is 31.4 Å². The molecule has 0 aliphatic heterocycles.